The van der Waals surface area contributed by atoms with E-state index < -0.39 is 5.97 Å². The Kier molecular flexibility index (Phi) is 4.98. The molecule has 0 bridgehead atoms. The highest BCUT2D eigenvalue weighted by atomic mass is 79.9. The first-order valence-electron chi connectivity index (χ1n) is 5.62. The second-order valence-corrected chi connectivity index (χ2v) is 5.09. The van der Waals surface area contributed by atoms with Crippen LogP contribution in [-0.2, 0) is 17.8 Å². The number of rotatable bonds is 5. The van der Waals surface area contributed by atoms with Crippen LogP contribution in [0.25, 0.3) is 0 Å². The second-order valence-electron chi connectivity index (χ2n) is 4.24. The van der Waals surface area contributed by atoms with Crippen molar-refractivity contribution in [1.29, 1.82) is 0 Å². The molecular formula is C12H18BrN3O2. The molecule has 1 aromatic carbocycles. The van der Waals surface area contributed by atoms with Gasteiger partial charge >= 0.3 is 5.97 Å². The van der Waals surface area contributed by atoms with Gasteiger partial charge in [0, 0.05) is 11.0 Å². The first kappa shape index (κ1) is 14.8. The van der Waals surface area contributed by atoms with Crippen molar-refractivity contribution in [3.05, 3.63) is 21.7 Å². The Labute approximate surface area is 115 Å². The highest BCUT2D eigenvalue weighted by molar-refractivity contribution is 9.10. The maximum Gasteiger partial charge on any atom is 0.317 e. The predicted octanol–water partition coefficient (Wildman–Crippen LogP) is 1.69. The molecule has 0 fully saturated rings. The largest absolute Gasteiger partial charge is 0.480 e. The summed E-state index contributed by atoms with van der Waals surface area (Å²) in [5.74, 6) is -0.864. The lowest BCUT2D eigenvalue weighted by molar-refractivity contribution is -0.138. The maximum atomic E-state index is 10.7. The highest BCUT2D eigenvalue weighted by Crippen LogP contribution is 2.32. The smallest absolute Gasteiger partial charge is 0.317 e. The molecule has 0 aliphatic heterocycles. The maximum absolute atomic E-state index is 10.7. The lowest BCUT2D eigenvalue weighted by Crippen LogP contribution is -2.26. The van der Waals surface area contributed by atoms with E-state index in [1.54, 1.807) is 18.0 Å². The van der Waals surface area contributed by atoms with Gasteiger partial charge < -0.3 is 16.6 Å². The van der Waals surface area contributed by atoms with Gasteiger partial charge in [-0.05, 0) is 30.7 Å². The van der Waals surface area contributed by atoms with Crippen LogP contribution in [0.2, 0.25) is 0 Å². The molecule has 6 heteroatoms. The van der Waals surface area contributed by atoms with E-state index in [0.717, 1.165) is 22.0 Å². The van der Waals surface area contributed by atoms with E-state index in [0.29, 0.717) is 17.9 Å². The van der Waals surface area contributed by atoms with Crippen LogP contribution in [0.4, 0.5) is 11.4 Å². The molecule has 100 valence electrons. The van der Waals surface area contributed by atoms with E-state index in [1.165, 1.54) is 0 Å². The number of nitrogens with zero attached hydrogens (tertiary/aromatic N) is 1. The molecule has 0 aromatic heterocycles. The lowest BCUT2D eigenvalue weighted by Gasteiger charge is -2.20. The van der Waals surface area contributed by atoms with Gasteiger partial charge in [-0.1, -0.05) is 22.9 Å². The first-order valence-corrected chi connectivity index (χ1v) is 6.41. The number of hydrogen-bond acceptors (Lipinski definition) is 4. The topological polar surface area (TPSA) is 92.6 Å². The van der Waals surface area contributed by atoms with Gasteiger partial charge in [-0.3, -0.25) is 9.69 Å². The zero-order valence-corrected chi connectivity index (χ0v) is 12.1. The lowest BCUT2D eigenvalue weighted by atomic mass is 10.0. The number of carboxylic acid groups (broad SMARTS) is 1. The van der Waals surface area contributed by atoms with E-state index in [1.807, 2.05) is 6.92 Å². The molecule has 5 nitrogen and oxygen atoms in total. The van der Waals surface area contributed by atoms with Crippen molar-refractivity contribution in [3.8, 4) is 0 Å². The third-order valence-electron chi connectivity index (χ3n) is 2.76. The number of carboxylic acids is 1. The minimum Gasteiger partial charge on any atom is -0.480 e. The Bertz CT molecular complexity index is 463. The molecule has 1 rings (SSSR count). The van der Waals surface area contributed by atoms with Crippen LogP contribution in [-0.4, -0.2) is 29.6 Å². The van der Waals surface area contributed by atoms with Crippen LogP contribution < -0.4 is 11.5 Å². The normalized spacial score (nSPS) is 10.9. The summed E-state index contributed by atoms with van der Waals surface area (Å²) in [5.41, 5.74) is 14.8. The molecule has 0 amide bonds. The van der Waals surface area contributed by atoms with Gasteiger partial charge in [0.15, 0.2) is 0 Å². The van der Waals surface area contributed by atoms with E-state index >= 15 is 0 Å². The van der Waals surface area contributed by atoms with Crippen LogP contribution in [0.1, 0.15) is 18.1 Å². The van der Waals surface area contributed by atoms with Gasteiger partial charge in [-0.15, -0.1) is 0 Å². The van der Waals surface area contributed by atoms with Crippen molar-refractivity contribution in [2.45, 2.75) is 19.9 Å². The van der Waals surface area contributed by atoms with Crippen LogP contribution in [0.3, 0.4) is 0 Å². The molecule has 0 saturated carbocycles. The number of anilines is 2. The molecule has 0 heterocycles. The fourth-order valence-electron chi connectivity index (χ4n) is 1.90. The predicted molar refractivity (Wildman–Crippen MR) is 76.3 cm³/mol. The van der Waals surface area contributed by atoms with Gasteiger partial charge in [0.2, 0.25) is 0 Å². The number of benzene rings is 1. The summed E-state index contributed by atoms with van der Waals surface area (Å²) < 4.78 is 0.912. The number of halogens is 1. The molecule has 0 unspecified atom stereocenters. The van der Waals surface area contributed by atoms with Crippen molar-refractivity contribution in [1.82, 2.24) is 4.90 Å². The zero-order valence-electron chi connectivity index (χ0n) is 10.5. The van der Waals surface area contributed by atoms with Gasteiger partial charge in [-0.25, -0.2) is 0 Å². The third kappa shape index (κ3) is 3.36. The quantitative estimate of drug-likeness (QED) is 0.719. The Morgan fingerprint density at radius 3 is 2.56 bits per heavy atom. The summed E-state index contributed by atoms with van der Waals surface area (Å²) in [4.78, 5) is 12.4. The van der Waals surface area contributed by atoms with Gasteiger partial charge in [0.25, 0.3) is 0 Å². The number of nitrogens with two attached hydrogens (primary N) is 2. The van der Waals surface area contributed by atoms with Crippen LogP contribution in [0, 0.1) is 0 Å². The van der Waals surface area contributed by atoms with E-state index in [9.17, 15) is 4.79 Å². The Morgan fingerprint density at radius 2 is 2.06 bits per heavy atom. The summed E-state index contributed by atoms with van der Waals surface area (Å²) in [5, 5.41) is 8.76. The van der Waals surface area contributed by atoms with Crippen LogP contribution in [0.5, 0.6) is 0 Å². The Morgan fingerprint density at radius 1 is 1.44 bits per heavy atom. The zero-order chi connectivity index (χ0) is 13.9. The molecule has 0 aliphatic carbocycles. The first-order chi connectivity index (χ1) is 8.36. The molecule has 0 atom stereocenters. The molecule has 5 N–H and O–H groups in total. The fourth-order valence-corrected chi connectivity index (χ4v) is 2.67. The molecule has 18 heavy (non-hydrogen) atoms. The monoisotopic (exact) mass is 315 g/mol. The number of hydrogen-bond donors (Lipinski definition) is 3. The molecule has 0 spiro atoms. The molecule has 0 aliphatic rings. The fraction of sp³-hybridized carbons (Fsp3) is 0.417. The van der Waals surface area contributed by atoms with Crippen molar-refractivity contribution >= 4 is 33.3 Å². The summed E-state index contributed by atoms with van der Waals surface area (Å²) >= 11 is 3.46. The second kappa shape index (κ2) is 6.06. The highest BCUT2D eigenvalue weighted by Gasteiger charge is 2.15. The van der Waals surface area contributed by atoms with E-state index in [-0.39, 0.29) is 6.54 Å². The molecular weight excluding hydrogens is 298 g/mol. The number of likely N-dealkylation sites (N-methyl/N-ethyl adjacent to an activating group) is 1. The molecule has 1 aromatic rings. The summed E-state index contributed by atoms with van der Waals surface area (Å²) in [6, 6.07) is 1.79. The van der Waals surface area contributed by atoms with Gasteiger partial charge in [-0.2, -0.15) is 0 Å². The van der Waals surface area contributed by atoms with Gasteiger partial charge in [0.1, 0.15) is 0 Å². The minimum atomic E-state index is -0.864. The van der Waals surface area contributed by atoms with E-state index in [4.69, 9.17) is 16.6 Å². The van der Waals surface area contributed by atoms with Crippen molar-refractivity contribution in [2.24, 2.45) is 0 Å². The van der Waals surface area contributed by atoms with E-state index in [2.05, 4.69) is 15.9 Å². The standard InChI is InChI=1S/C12H18BrN3O2/c1-3-7-8(5-16(2)6-11(17)18)12(15)10(14)4-9(7)13/h4H,3,5-6,14-15H2,1-2H3,(H,17,18). The van der Waals surface area contributed by atoms with Crippen molar-refractivity contribution in [2.75, 3.05) is 25.1 Å². The van der Waals surface area contributed by atoms with Crippen molar-refractivity contribution in [3.63, 3.8) is 0 Å². The summed E-state index contributed by atoms with van der Waals surface area (Å²) in [6.45, 7) is 2.45. The Hall–Kier alpha value is -1.27. The third-order valence-corrected chi connectivity index (χ3v) is 3.47. The summed E-state index contributed by atoms with van der Waals surface area (Å²) in [7, 11) is 1.74. The molecule has 0 radical (unpaired) electrons. The van der Waals surface area contributed by atoms with Crippen LogP contribution >= 0.6 is 15.9 Å². The van der Waals surface area contributed by atoms with Crippen LogP contribution in [0.15, 0.2) is 10.5 Å². The molecule has 0 saturated heterocycles. The minimum absolute atomic E-state index is 0.0327. The Balaban J connectivity index is 3.10. The van der Waals surface area contributed by atoms with Crippen molar-refractivity contribution < 1.29 is 9.90 Å². The average molecular weight is 316 g/mol. The number of aliphatic carboxylic acids is 1. The van der Waals surface area contributed by atoms with Gasteiger partial charge in [0.05, 0.1) is 17.9 Å². The number of carbonyl (C=O) groups is 1. The average Bonchev–Trinajstić information content (AvgIpc) is 2.24. The summed E-state index contributed by atoms with van der Waals surface area (Å²) in [6.07, 6.45) is 0.807. The number of nitrogen functional groups attached to an aromatic ring is 2. The SMILES string of the molecule is CCc1c(Br)cc(N)c(N)c1CN(C)CC(=O)O.